The second kappa shape index (κ2) is 6.78. The molecule has 5 nitrogen and oxygen atoms in total. The summed E-state index contributed by atoms with van der Waals surface area (Å²) in [5.41, 5.74) is 6.66. The van der Waals surface area contributed by atoms with Gasteiger partial charge in [0.2, 0.25) is 5.91 Å². The van der Waals surface area contributed by atoms with Gasteiger partial charge in [0.15, 0.2) is 6.61 Å². The summed E-state index contributed by atoms with van der Waals surface area (Å²) in [6.07, 6.45) is 0. The Hall–Kier alpha value is -2.04. The van der Waals surface area contributed by atoms with E-state index in [1.54, 1.807) is 13.8 Å². The van der Waals surface area contributed by atoms with Crippen LogP contribution in [0, 0.1) is 19.8 Å². The van der Waals surface area contributed by atoms with Crippen molar-refractivity contribution < 1.29 is 14.3 Å². The topological polar surface area (TPSA) is 67.4 Å². The molecule has 19 heavy (non-hydrogen) atoms. The van der Waals surface area contributed by atoms with Crippen LogP contribution in [-0.2, 0) is 9.59 Å². The number of rotatable bonds is 4. The number of hydrogen-bond donors (Lipinski definition) is 2. The van der Waals surface area contributed by atoms with Gasteiger partial charge in [-0.15, -0.1) is 0 Å². The Bertz CT molecular complexity index is 470. The van der Waals surface area contributed by atoms with Gasteiger partial charge in [0.05, 0.1) is 0 Å². The molecule has 1 rings (SSSR count). The first-order valence-corrected chi connectivity index (χ1v) is 6.19. The molecule has 0 aliphatic rings. The molecule has 1 aromatic rings. The minimum absolute atomic E-state index is 0.136. The Kier molecular flexibility index (Phi) is 5.36. The van der Waals surface area contributed by atoms with Crippen LogP contribution in [0.25, 0.3) is 0 Å². The molecule has 0 saturated carbocycles. The highest BCUT2D eigenvalue weighted by molar-refractivity contribution is 5.83. The van der Waals surface area contributed by atoms with Gasteiger partial charge in [-0.2, -0.15) is 0 Å². The number of amides is 2. The highest BCUT2D eigenvalue weighted by atomic mass is 16.5. The SMILES string of the molecule is Cc1ccc(C)c(OCC(=O)NNC(=O)C(C)C)c1. The first-order valence-electron chi connectivity index (χ1n) is 6.19. The van der Waals surface area contributed by atoms with Crippen molar-refractivity contribution in [3.05, 3.63) is 29.3 Å². The molecule has 0 aliphatic carbocycles. The second-order valence-corrected chi connectivity index (χ2v) is 4.75. The molecule has 0 bridgehead atoms. The van der Waals surface area contributed by atoms with E-state index in [4.69, 9.17) is 4.74 Å². The van der Waals surface area contributed by atoms with Crippen molar-refractivity contribution in [1.82, 2.24) is 10.9 Å². The van der Waals surface area contributed by atoms with Crippen LogP contribution >= 0.6 is 0 Å². The van der Waals surface area contributed by atoms with Gasteiger partial charge in [0.25, 0.3) is 5.91 Å². The van der Waals surface area contributed by atoms with E-state index in [1.807, 2.05) is 32.0 Å². The Morgan fingerprint density at radius 2 is 1.89 bits per heavy atom. The molecular formula is C14H20N2O3. The van der Waals surface area contributed by atoms with E-state index in [-0.39, 0.29) is 18.4 Å². The fourth-order valence-electron chi connectivity index (χ4n) is 1.32. The lowest BCUT2D eigenvalue weighted by Crippen LogP contribution is -2.45. The predicted octanol–water partition coefficient (Wildman–Crippen LogP) is 1.49. The van der Waals surface area contributed by atoms with Crippen molar-refractivity contribution in [3.8, 4) is 5.75 Å². The van der Waals surface area contributed by atoms with Crippen LogP contribution in [0.2, 0.25) is 0 Å². The maximum absolute atomic E-state index is 11.5. The summed E-state index contributed by atoms with van der Waals surface area (Å²) in [5, 5.41) is 0. The summed E-state index contributed by atoms with van der Waals surface area (Å²) >= 11 is 0. The quantitative estimate of drug-likeness (QED) is 0.810. The molecule has 0 unspecified atom stereocenters. The van der Waals surface area contributed by atoms with E-state index in [9.17, 15) is 9.59 Å². The van der Waals surface area contributed by atoms with Crippen LogP contribution in [0.1, 0.15) is 25.0 Å². The van der Waals surface area contributed by atoms with Crippen LogP contribution in [0.5, 0.6) is 5.75 Å². The van der Waals surface area contributed by atoms with Crippen LogP contribution < -0.4 is 15.6 Å². The summed E-state index contributed by atoms with van der Waals surface area (Å²) in [5.74, 6) is -0.138. The van der Waals surface area contributed by atoms with Crippen molar-refractivity contribution in [2.24, 2.45) is 5.92 Å². The summed E-state index contributed by atoms with van der Waals surface area (Å²) in [4.78, 5) is 22.7. The molecule has 0 aromatic heterocycles. The van der Waals surface area contributed by atoms with E-state index in [0.717, 1.165) is 11.1 Å². The molecule has 104 valence electrons. The molecule has 0 spiro atoms. The third kappa shape index (κ3) is 4.99. The van der Waals surface area contributed by atoms with Crippen LogP contribution in [0.3, 0.4) is 0 Å². The Morgan fingerprint density at radius 1 is 1.21 bits per heavy atom. The Labute approximate surface area is 113 Å². The van der Waals surface area contributed by atoms with Crippen molar-refractivity contribution in [3.63, 3.8) is 0 Å². The van der Waals surface area contributed by atoms with Gasteiger partial charge in [-0.05, 0) is 31.0 Å². The highest BCUT2D eigenvalue weighted by Gasteiger charge is 2.09. The molecule has 2 amide bonds. The molecule has 0 atom stereocenters. The second-order valence-electron chi connectivity index (χ2n) is 4.75. The van der Waals surface area contributed by atoms with Crippen molar-refractivity contribution in [1.29, 1.82) is 0 Å². The number of carbonyl (C=O) groups is 2. The third-order valence-corrected chi connectivity index (χ3v) is 2.55. The third-order valence-electron chi connectivity index (χ3n) is 2.55. The summed E-state index contributed by atoms with van der Waals surface area (Å²) in [6, 6.07) is 5.78. The number of hydrazine groups is 1. The molecule has 0 aliphatic heterocycles. The van der Waals surface area contributed by atoms with Gasteiger partial charge in [-0.3, -0.25) is 20.4 Å². The number of aryl methyl sites for hydroxylation is 2. The minimum atomic E-state index is -0.394. The Morgan fingerprint density at radius 3 is 2.53 bits per heavy atom. The zero-order chi connectivity index (χ0) is 14.4. The first-order chi connectivity index (χ1) is 8.90. The zero-order valence-electron chi connectivity index (χ0n) is 11.7. The Balaban J connectivity index is 2.42. The number of ether oxygens (including phenoxy) is 1. The molecule has 0 radical (unpaired) electrons. The maximum Gasteiger partial charge on any atom is 0.276 e. The summed E-state index contributed by atoms with van der Waals surface area (Å²) in [6.45, 7) is 7.22. The first kappa shape index (κ1) is 15.0. The van der Waals surface area contributed by atoms with Crippen molar-refractivity contribution in [2.75, 3.05) is 6.61 Å². The lowest BCUT2D eigenvalue weighted by molar-refractivity contribution is -0.131. The van der Waals surface area contributed by atoms with E-state index < -0.39 is 5.91 Å². The normalized spacial score (nSPS) is 10.2. The molecular weight excluding hydrogens is 244 g/mol. The van der Waals surface area contributed by atoms with Crippen LogP contribution in [0.15, 0.2) is 18.2 Å². The number of nitrogens with one attached hydrogen (secondary N) is 2. The van der Waals surface area contributed by atoms with Gasteiger partial charge in [0.1, 0.15) is 5.75 Å². The van der Waals surface area contributed by atoms with Gasteiger partial charge >= 0.3 is 0 Å². The van der Waals surface area contributed by atoms with Gasteiger partial charge < -0.3 is 4.74 Å². The zero-order valence-corrected chi connectivity index (χ0v) is 11.7. The monoisotopic (exact) mass is 264 g/mol. The lowest BCUT2D eigenvalue weighted by atomic mass is 10.1. The van der Waals surface area contributed by atoms with Crippen molar-refractivity contribution >= 4 is 11.8 Å². The fourth-order valence-corrected chi connectivity index (χ4v) is 1.32. The number of benzene rings is 1. The van der Waals surface area contributed by atoms with Gasteiger partial charge in [-0.25, -0.2) is 0 Å². The van der Waals surface area contributed by atoms with Crippen LogP contribution in [-0.4, -0.2) is 18.4 Å². The summed E-state index contributed by atoms with van der Waals surface area (Å²) < 4.78 is 5.41. The maximum atomic E-state index is 11.5. The van der Waals surface area contributed by atoms with Crippen LogP contribution in [0.4, 0.5) is 0 Å². The average Bonchev–Trinajstić information content (AvgIpc) is 2.36. The molecule has 0 saturated heterocycles. The number of carbonyl (C=O) groups excluding carboxylic acids is 2. The lowest BCUT2D eigenvalue weighted by Gasteiger charge is -2.11. The van der Waals surface area contributed by atoms with E-state index in [0.29, 0.717) is 5.75 Å². The molecule has 1 aromatic carbocycles. The van der Waals surface area contributed by atoms with E-state index in [1.165, 1.54) is 0 Å². The summed E-state index contributed by atoms with van der Waals surface area (Å²) in [7, 11) is 0. The van der Waals surface area contributed by atoms with Gasteiger partial charge in [-0.1, -0.05) is 26.0 Å². The van der Waals surface area contributed by atoms with Gasteiger partial charge in [0, 0.05) is 5.92 Å². The van der Waals surface area contributed by atoms with E-state index >= 15 is 0 Å². The molecule has 0 fully saturated rings. The predicted molar refractivity (Wildman–Crippen MR) is 72.5 cm³/mol. The standard InChI is InChI=1S/C14H20N2O3/c1-9(2)14(18)16-15-13(17)8-19-12-7-10(3)5-6-11(12)4/h5-7,9H,8H2,1-4H3,(H,15,17)(H,16,18). The molecule has 5 heteroatoms. The average molecular weight is 264 g/mol. The minimum Gasteiger partial charge on any atom is -0.483 e. The molecule has 2 N–H and O–H groups in total. The fraction of sp³-hybridized carbons (Fsp3) is 0.429. The van der Waals surface area contributed by atoms with Crippen molar-refractivity contribution in [2.45, 2.75) is 27.7 Å². The van der Waals surface area contributed by atoms with E-state index in [2.05, 4.69) is 10.9 Å². The smallest absolute Gasteiger partial charge is 0.276 e. The highest BCUT2D eigenvalue weighted by Crippen LogP contribution is 2.18. The largest absolute Gasteiger partial charge is 0.483 e. The molecule has 0 heterocycles. The number of hydrogen-bond acceptors (Lipinski definition) is 3.